The fraction of sp³-hybridized carbons (Fsp3) is 1.00. The second kappa shape index (κ2) is 8.11. The van der Waals surface area contributed by atoms with E-state index in [0.29, 0.717) is 0 Å². The zero-order valence-electron chi connectivity index (χ0n) is 9.24. The van der Waals surface area contributed by atoms with Crippen molar-refractivity contribution in [2.24, 2.45) is 0 Å². The van der Waals surface area contributed by atoms with Gasteiger partial charge in [-0.2, -0.15) is 0 Å². The van der Waals surface area contributed by atoms with E-state index in [1.165, 1.54) is 0 Å². The van der Waals surface area contributed by atoms with Crippen LogP contribution in [0.5, 0.6) is 0 Å². The molecule has 0 aromatic rings. The molecule has 0 aromatic carbocycles. The Morgan fingerprint density at radius 2 is 1.00 bits per heavy atom. The van der Waals surface area contributed by atoms with Crippen molar-refractivity contribution < 1.29 is 72.0 Å². The van der Waals surface area contributed by atoms with Gasteiger partial charge in [0.15, 0.2) is 0 Å². The Morgan fingerprint density at radius 1 is 0.812 bits per heavy atom. The molecular formula is C4H8Li2O8S2. The minimum Gasteiger partial charge on any atom is -0.726 e. The third-order valence-corrected chi connectivity index (χ3v) is 2.28. The molecule has 0 amide bonds. The summed E-state index contributed by atoms with van der Waals surface area (Å²) < 4.78 is 68.0. The minimum absolute atomic E-state index is 0. The summed E-state index contributed by atoms with van der Waals surface area (Å²) in [4.78, 5) is 0. The van der Waals surface area contributed by atoms with Crippen LogP contribution in [0.25, 0.3) is 0 Å². The van der Waals surface area contributed by atoms with Crippen molar-refractivity contribution in [3.8, 4) is 0 Å². The summed E-state index contributed by atoms with van der Waals surface area (Å²) in [6, 6.07) is 0. The van der Waals surface area contributed by atoms with Crippen molar-refractivity contribution in [1.29, 1.82) is 0 Å². The summed E-state index contributed by atoms with van der Waals surface area (Å²) in [6.45, 7) is 2.15. The molecular weight excluding hydrogens is 254 g/mol. The van der Waals surface area contributed by atoms with Crippen LogP contribution in [0.15, 0.2) is 0 Å². The first-order valence-electron chi connectivity index (χ1n) is 3.29. The second-order valence-corrected chi connectivity index (χ2v) is 4.44. The van der Waals surface area contributed by atoms with E-state index in [4.69, 9.17) is 0 Å². The van der Waals surface area contributed by atoms with Gasteiger partial charge in [-0.15, -0.1) is 0 Å². The molecule has 0 aromatic heterocycles. The van der Waals surface area contributed by atoms with Gasteiger partial charge in [-0.05, 0) is 13.8 Å². The molecule has 0 saturated heterocycles. The zero-order valence-corrected chi connectivity index (χ0v) is 10.9. The Bertz CT molecular complexity index is 337. The Morgan fingerprint density at radius 3 is 1.12 bits per heavy atom. The van der Waals surface area contributed by atoms with Crippen LogP contribution in [0.4, 0.5) is 0 Å². The van der Waals surface area contributed by atoms with E-state index in [1.54, 1.807) is 0 Å². The van der Waals surface area contributed by atoms with Gasteiger partial charge in [-0.25, -0.2) is 16.8 Å². The molecule has 0 heterocycles. The SMILES string of the molecule is CC(OS(=O)(=O)[O-])C(C)OS(=O)(=O)[O-].[Li+].[Li+]. The van der Waals surface area contributed by atoms with Crippen LogP contribution in [-0.2, 0) is 29.2 Å². The van der Waals surface area contributed by atoms with Crippen LogP contribution in [-0.4, -0.2) is 38.1 Å². The maximum Gasteiger partial charge on any atom is 1.00 e. The summed E-state index contributed by atoms with van der Waals surface area (Å²) in [5, 5.41) is 0. The topological polar surface area (TPSA) is 133 Å². The molecule has 16 heavy (non-hydrogen) atoms. The molecule has 8 nitrogen and oxygen atoms in total. The monoisotopic (exact) mass is 262 g/mol. The van der Waals surface area contributed by atoms with Crippen molar-refractivity contribution in [3.05, 3.63) is 0 Å². The molecule has 2 atom stereocenters. The summed E-state index contributed by atoms with van der Waals surface area (Å²) in [7, 11) is -9.90. The van der Waals surface area contributed by atoms with E-state index < -0.39 is 33.0 Å². The van der Waals surface area contributed by atoms with Crippen LogP contribution in [0.2, 0.25) is 0 Å². The van der Waals surface area contributed by atoms with E-state index in [1.807, 2.05) is 0 Å². The standard InChI is InChI=1S/C4H10O8S2.2Li/c1-3(11-13(5,6)7)4(2)12-14(8,9)10;;/h3-4H,1-2H3,(H,5,6,7)(H,8,9,10);;/q;2*+1/p-2. The van der Waals surface area contributed by atoms with Crippen LogP contribution in [0, 0.1) is 0 Å². The van der Waals surface area contributed by atoms with Crippen molar-refractivity contribution in [2.75, 3.05) is 0 Å². The zero-order chi connectivity index (χ0) is 11.6. The smallest absolute Gasteiger partial charge is 0.726 e. The number of hydrogen-bond acceptors (Lipinski definition) is 8. The average molecular weight is 262 g/mol. The predicted molar refractivity (Wildman–Crippen MR) is 40.5 cm³/mol. The maximum atomic E-state index is 10.1. The van der Waals surface area contributed by atoms with Gasteiger partial charge in [-0.1, -0.05) is 0 Å². The molecule has 12 heteroatoms. The van der Waals surface area contributed by atoms with Gasteiger partial charge in [0, 0.05) is 0 Å². The molecule has 86 valence electrons. The fourth-order valence-electron chi connectivity index (χ4n) is 0.528. The van der Waals surface area contributed by atoms with Crippen LogP contribution >= 0.6 is 0 Å². The van der Waals surface area contributed by atoms with E-state index in [9.17, 15) is 25.9 Å². The Hall–Kier alpha value is 0.935. The third kappa shape index (κ3) is 13.0. The number of hydrogen-bond donors (Lipinski definition) is 0. The second-order valence-electron chi connectivity index (χ2n) is 2.42. The summed E-state index contributed by atoms with van der Waals surface area (Å²) >= 11 is 0. The van der Waals surface area contributed by atoms with Gasteiger partial charge in [0.25, 0.3) is 0 Å². The molecule has 0 radical (unpaired) electrons. The van der Waals surface area contributed by atoms with Gasteiger partial charge in [0.1, 0.15) is 12.2 Å². The van der Waals surface area contributed by atoms with Gasteiger partial charge in [0.2, 0.25) is 20.8 Å². The van der Waals surface area contributed by atoms with Gasteiger partial charge in [0.05, 0.1) is 0 Å². The summed E-state index contributed by atoms with van der Waals surface area (Å²) in [5.74, 6) is 0. The Kier molecular flexibility index (Phi) is 11.2. The normalized spacial score (nSPS) is 15.5. The molecule has 0 bridgehead atoms. The van der Waals surface area contributed by atoms with E-state index >= 15 is 0 Å². The fourth-order valence-corrected chi connectivity index (χ4v) is 1.58. The Labute approximate surface area is 118 Å². The van der Waals surface area contributed by atoms with Gasteiger partial charge >= 0.3 is 37.7 Å². The van der Waals surface area contributed by atoms with E-state index in [0.717, 1.165) is 13.8 Å². The first kappa shape index (κ1) is 22.1. The van der Waals surface area contributed by atoms with Crippen LogP contribution < -0.4 is 37.7 Å². The largest absolute Gasteiger partial charge is 1.00 e. The van der Waals surface area contributed by atoms with Gasteiger partial charge in [-0.3, -0.25) is 8.37 Å². The van der Waals surface area contributed by atoms with Crippen molar-refractivity contribution >= 4 is 20.8 Å². The first-order chi connectivity index (χ1) is 6.01. The van der Waals surface area contributed by atoms with E-state index in [-0.39, 0.29) is 37.7 Å². The number of rotatable bonds is 5. The van der Waals surface area contributed by atoms with Crippen molar-refractivity contribution in [1.82, 2.24) is 0 Å². The molecule has 0 aliphatic carbocycles. The summed E-state index contributed by atoms with van der Waals surface area (Å²) in [5.41, 5.74) is 0. The van der Waals surface area contributed by atoms with Crippen molar-refractivity contribution in [2.45, 2.75) is 26.1 Å². The quantitative estimate of drug-likeness (QED) is 0.271. The van der Waals surface area contributed by atoms with Crippen molar-refractivity contribution in [3.63, 3.8) is 0 Å². The molecule has 0 aliphatic heterocycles. The van der Waals surface area contributed by atoms with Crippen LogP contribution in [0.3, 0.4) is 0 Å². The molecule has 0 fully saturated rings. The molecule has 2 unspecified atom stereocenters. The predicted octanol–water partition coefficient (Wildman–Crippen LogP) is -7.28. The van der Waals surface area contributed by atoms with Gasteiger partial charge < -0.3 is 9.11 Å². The molecule has 0 spiro atoms. The molecule has 0 aliphatic rings. The third-order valence-electron chi connectivity index (χ3n) is 1.20. The van der Waals surface area contributed by atoms with E-state index in [2.05, 4.69) is 8.37 Å². The molecule has 0 saturated carbocycles. The first-order valence-corrected chi connectivity index (χ1v) is 5.96. The Balaban J connectivity index is -0.000000845. The average Bonchev–Trinajstić information content (AvgIpc) is 1.78. The minimum atomic E-state index is -4.95. The maximum absolute atomic E-state index is 10.1. The van der Waals surface area contributed by atoms with Crippen LogP contribution in [0.1, 0.15) is 13.8 Å². The summed E-state index contributed by atoms with van der Waals surface area (Å²) in [6.07, 6.45) is -2.72. The molecule has 0 N–H and O–H groups in total. The molecule has 0 rings (SSSR count).